The molecule has 0 aliphatic heterocycles. The van der Waals surface area contributed by atoms with Crippen LogP contribution in [0.15, 0.2) is 12.2 Å². The quantitative estimate of drug-likeness (QED) is 0.471. The van der Waals surface area contributed by atoms with Crippen LogP contribution in [0.2, 0.25) is 0 Å². The predicted molar refractivity (Wildman–Crippen MR) is 26.5 cm³/mol. The van der Waals surface area contributed by atoms with Gasteiger partial charge in [0.15, 0.2) is 0 Å². The molecule has 0 aliphatic carbocycles. The van der Waals surface area contributed by atoms with Crippen molar-refractivity contribution in [1.82, 2.24) is 0 Å². The molecule has 1 heteroatoms. The van der Waals surface area contributed by atoms with Crippen molar-refractivity contribution in [2.45, 2.75) is 20.0 Å². The van der Waals surface area contributed by atoms with Gasteiger partial charge in [0.25, 0.3) is 0 Å². The van der Waals surface area contributed by atoms with E-state index in [1.165, 1.54) is 0 Å². The van der Waals surface area contributed by atoms with Gasteiger partial charge in [0.2, 0.25) is 0 Å². The number of hydrogen-bond donors (Lipinski definition) is 1. The van der Waals surface area contributed by atoms with Crippen molar-refractivity contribution >= 4 is 0 Å². The first-order valence-corrected chi connectivity index (χ1v) is 2.08. The summed E-state index contributed by atoms with van der Waals surface area (Å²) in [7, 11) is 0. The molecule has 0 heterocycles. The van der Waals surface area contributed by atoms with E-state index in [0.717, 1.165) is 0 Å². The Bertz CT molecular complexity index is 45.9. The Morgan fingerprint density at radius 1 is 1.67 bits per heavy atom. The first kappa shape index (κ1) is 5.70. The van der Waals surface area contributed by atoms with E-state index in [1.54, 1.807) is 13.0 Å². The summed E-state index contributed by atoms with van der Waals surface area (Å²) in [6.45, 7) is 3.60. The van der Waals surface area contributed by atoms with Gasteiger partial charge in [-0.05, 0) is 13.8 Å². The van der Waals surface area contributed by atoms with E-state index in [9.17, 15) is 0 Å². The molecular weight excluding hydrogens is 76.1 g/mol. The van der Waals surface area contributed by atoms with Crippen LogP contribution in [0.1, 0.15) is 13.8 Å². The molecule has 0 fully saturated rings. The van der Waals surface area contributed by atoms with Gasteiger partial charge in [0.1, 0.15) is 0 Å². The molecular formula is C5H10O. The molecule has 0 unspecified atom stereocenters. The largest absolute Gasteiger partial charge is 0.389 e. The second kappa shape index (κ2) is 2.91. The lowest BCUT2D eigenvalue weighted by Crippen LogP contribution is -1.89. The molecule has 1 N–H and O–H groups in total. The first-order valence-electron chi connectivity index (χ1n) is 2.08. The second-order valence-electron chi connectivity index (χ2n) is 1.27. The number of hydrogen-bond acceptors (Lipinski definition) is 1. The number of allylic oxidation sites excluding steroid dienone is 1. The summed E-state index contributed by atoms with van der Waals surface area (Å²) in [6, 6.07) is 0. The van der Waals surface area contributed by atoms with Crippen LogP contribution >= 0.6 is 0 Å². The molecule has 0 saturated carbocycles. The van der Waals surface area contributed by atoms with Gasteiger partial charge in [0.05, 0.1) is 6.10 Å². The summed E-state index contributed by atoms with van der Waals surface area (Å²) in [4.78, 5) is 0. The van der Waals surface area contributed by atoms with Crippen molar-refractivity contribution < 1.29 is 5.11 Å². The monoisotopic (exact) mass is 86.1 g/mol. The summed E-state index contributed by atoms with van der Waals surface area (Å²) in [5.41, 5.74) is 0. The maximum atomic E-state index is 8.47. The fraction of sp³-hybridized carbons (Fsp3) is 0.600. The number of aliphatic hydroxyl groups excluding tert-OH is 1. The van der Waals surface area contributed by atoms with Crippen LogP contribution < -0.4 is 0 Å². The van der Waals surface area contributed by atoms with Gasteiger partial charge in [0, 0.05) is 0 Å². The highest BCUT2D eigenvalue weighted by atomic mass is 16.3. The van der Waals surface area contributed by atoms with E-state index >= 15 is 0 Å². The van der Waals surface area contributed by atoms with Crippen molar-refractivity contribution in [3.8, 4) is 0 Å². The third kappa shape index (κ3) is 3.70. The summed E-state index contributed by atoms with van der Waals surface area (Å²) in [5.74, 6) is 0. The van der Waals surface area contributed by atoms with E-state index in [0.29, 0.717) is 0 Å². The smallest absolute Gasteiger partial charge is 0.0692 e. The van der Waals surface area contributed by atoms with Crippen molar-refractivity contribution in [3.05, 3.63) is 12.2 Å². The molecule has 36 valence electrons. The first-order chi connectivity index (χ1) is 2.77. The topological polar surface area (TPSA) is 20.2 Å². The molecule has 0 aromatic carbocycles. The van der Waals surface area contributed by atoms with Gasteiger partial charge >= 0.3 is 0 Å². The fourth-order valence-electron chi connectivity index (χ4n) is 0.279. The molecule has 1 nitrogen and oxygen atoms in total. The average molecular weight is 86.1 g/mol. The minimum Gasteiger partial charge on any atom is -0.389 e. The molecule has 0 bridgehead atoms. The van der Waals surface area contributed by atoms with Crippen molar-refractivity contribution in [1.29, 1.82) is 0 Å². The van der Waals surface area contributed by atoms with E-state index < -0.39 is 0 Å². The SMILES string of the molecule is CC=C[C@H](C)O. The lowest BCUT2D eigenvalue weighted by atomic mass is 10.4. The summed E-state index contributed by atoms with van der Waals surface area (Å²) < 4.78 is 0. The van der Waals surface area contributed by atoms with Crippen LogP contribution in [0.3, 0.4) is 0 Å². The molecule has 0 rings (SSSR count). The normalized spacial score (nSPS) is 15.8. The molecule has 0 saturated heterocycles. The van der Waals surface area contributed by atoms with Gasteiger partial charge in [-0.15, -0.1) is 0 Å². The zero-order chi connectivity index (χ0) is 4.99. The lowest BCUT2D eigenvalue weighted by Gasteiger charge is -1.87. The van der Waals surface area contributed by atoms with E-state index in [-0.39, 0.29) is 6.10 Å². The summed E-state index contributed by atoms with van der Waals surface area (Å²) >= 11 is 0. The van der Waals surface area contributed by atoms with Gasteiger partial charge < -0.3 is 5.11 Å². The van der Waals surface area contributed by atoms with Gasteiger partial charge in [-0.2, -0.15) is 0 Å². The molecule has 0 aromatic heterocycles. The Labute approximate surface area is 38.3 Å². The van der Waals surface area contributed by atoms with E-state index in [2.05, 4.69) is 0 Å². The molecule has 0 amide bonds. The van der Waals surface area contributed by atoms with Gasteiger partial charge in [-0.25, -0.2) is 0 Å². The lowest BCUT2D eigenvalue weighted by molar-refractivity contribution is 0.244. The van der Waals surface area contributed by atoms with E-state index in [4.69, 9.17) is 5.11 Å². The van der Waals surface area contributed by atoms with Crippen LogP contribution in [0.5, 0.6) is 0 Å². The van der Waals surface area contributed by atoms with Crippen LogP contribution in [-0.2, 0) is 0 Å². The third-order valence-corrected chi connectivity index (χ3v) is 0.471. The van der Waals surface area contributed by atoms with Crippen LogP contribution in [0.25, 0.3) is 0 Å². The molecule has 0 radical (unpaired) electrons. The highest BCUT2D eigenvalue weighted by molar-refractivity contribution is 4.81. The Morgan fingerprint density at radius 3 is 2.17 bits per heavy atom. The Morgan fingerprint density at radius 2 is 2.17 bits per heavy atom. The van der Waals surface area contributed by atoms with Crippen molar-refractivity contribution in [2.75, 3.05) is 0 Å². The summed E-state index contributed by atoms with van der Waals surface area (Å²) in [5, 5.41) is 8.47. The van der Waals surface area contributed by atoms with Gasteiger partial charge in [-0.1, -0.05) is 12.2 Å². The fourth-order valence-corrected chi connectivity index (χ4v) is 0.279. The van der Waals surface area contributed by atoms with Gasteiger partial charge in [-0.3, -0.25) is 0 Å². The second-order valence-corrected chi connectivity index (χ2v) is 1.27. The molecule has 0 spiro atoms. The Kier molecular flexibility index (Phi) is 2.77. The van der Waals surface area contributed by atoms with Crippen molar-refractivity contribution in [2.24, 2.45) is 0 Å². The number of rotatable bonds is 1. The van der Waals surface area contributed by atoms with Crippen LogP contribution in [0, 0.1) is 0 Å². The van der Waals surface area contributed by atoms with Crippen LogP contribution in [-0.4, -0.2) is 11.2 Å². The average Bonchev–Trinajstić information content (AvgIpc) is 1.35. The maximum absolute atomic E-state index is 8.47. The predicted octanol–water partition coefficient (Wildman–Crippen LogP) is 0.943. The Hall–Kier alpha value is -0.300. The highest BCUT2D eigenvalue weighted by Crippen LogP contribution is 1.78. The zero-order valence-electron chi connectivity index (χ0n) is 4.18. The molecule has 0 aromatic rings. The number of aliphatic hydroxyl groups is 1. The minimum atomic E-state index is -0.282. The highest BCUT2D eigenvalue weighted by Gasteiger charge is 1.78. The minimum absolute atomic E-state index is 0.282. The molecule has 6 heavy (non-hydrogen) atoms. The molecule has 1 atom stereocenters. The van der Waals surface area contributed by atoms with E-state index in [1.807, 2.05) is 13.0 Å². The standard InChI is InChI=1S/C5H10O/c1-3-4-5(2)6/h3-6H,1-2H3/t5-/m0/s1. The zero-order valence-corrected chi connectivity index (χ0v) is 4.18. The van der Waals surface area contributed by atoms with Crippen LogP contribution in [0.4, 0.5) is 0 Å². The van der Waals surface area contributed by atoms with Crippen molar-refractivity contribution in [3.63, 3.8) is 0 Å². The maximum Gasteiger partial charge on any atom is 0.0692 e. The Balaban J connectivity index is 3.03. The third-order valence-electron chi connectivity index (χ3n) is 0.471. The molecule has 0 aliphatic rings. The summed E-state index contributed by atoms with van der Waals surface area (Å²) in [6.07, 6.45) is 3.26.